The van der Waals surface area contributed by atoms with Gasteiger partial charge in [-0.1, -0.05) is 18.2 Å². The first kappa shape index (κ1) is 20.8. The number of aromatic nitrogens is 1. The van der Waals surface area contributed by atoms with Gasteiger partial charge in [0.25, 0.3) is 0 Å². The molecule has 1 N–H and O–H groups in total. The van der Waals surface area contributed by atoms with Crippen LogP contribution in [-0.2, 0) is 20.9 Å². The number of anilines is 1. The number of carbonyl (C=O) groups is 2. The molecule has 1 atom stereocenters. The van der Waals surface area contributed by atoms with Crippen LogP contribution in [0.5, 0.6) is 5.88 Å². The molecule has 0 spiro atoms. The number of aryl methyl sites for hydroxylation is 1. The summed E-state index contributed by atoms with van der Waals surface area (Å²) in [6.45, 7) is 5.72. The van der Waals surface area contributed by atoms with E-state index in [9.17, 15) is 9.59 Å². The normalized spacial score (nSPS) is 16.2. The van der Waals surface area contributed by atoms with Gasteiger partial charge in [0.2, 0.25) is 17.7 Å². The zero-order valence-electron chi connectivity index (χ0n) is 17.1. The van der Waals surface area contributed by atoms with E-state index in [1.54, 1.807) is 24.3 Å². The molecule has 2 aromatic rings. The monoisotopic (exact) mass is 397 g/mol. The maximum Gasteiger partial charge on any atom is 0.227 e. The molecule has 0 bridgehead atoms. The summed E-state index contributed by atoms with van der Waals surface area (Å²) < 4.78 is 10.4. The van der Waals surface area contributed by atoms with Crippen molar-refractivity contribution >= 4 is 17.5 Å². The second kappa shape index (κ2) is 9.52. The molecule has 1 unspecified atom stereocenters. The quantitative estimate of drug-likeness (QED) is 0.692. The molecule has 1 aromatic carbocycles. The molecule has 0 radical (unpaired) electrons. The van der Waals surface area contributed by atoms with Gasteiger partial charge in [0.15, 0.2) is 0 Å². The summed E-state index contributed by atoms with van der Waals surface area (Å²) in [5.74, 6) is 0.0272. The van der Waals surface area contributed by atoms with Crippen molar-refractivity contribution in [2.75, 3.05) is 31.8 Å². The minimum absolute atomic E-state index is 0.0157. The van der Waals surface area contributed by atoms with E-state index >= 15 is 0 Å². The summed E-state index contributed by atoms with van der Waals surface area (Å²) in [5, 5.41) is 2.91. The van der Waals surface area contributed by atoms with Crippen LogP contribution >= 0.6 is 0 Å². The van der Waals surface area contributed by atoms with Gasteiger partial charge in [-0.3, -0.25) is 9.59 Å². The van der Waals surface area contributed by atoms with E-state index in [2.05, 4.69) is 10.3 Å². The van der Waals surface area contributed by atoms with Gasteiger partial charge in [-0.05, 0) is 36.6 Å². The summed E-state index contributed by atoms with van der Waals surface area (Å²) >= 11 is 0. The van der Waals surface area contributed by atoms with Gasteiger partial charge in [0.1, 0.15) is 6.61 Å². The zero-order chi connectivity index (χ0) is 20.8. The Hall–Kier alpha value is -2.93. The first-order valence-corrected chi connectivity index (χ1v) is 9.70. The third kappa shape index (κ3) is 5.12. The standard InChI is InChI=1S/C22H27N3O4/c1-15-5-4-6-19(16(15)2)25-14-18(11-21(25)26)22(27)24-13-17-7-8-20(23-12-17)29-10-9-28-3/h4-8,12,18H,9-11,13-14H2,1-3H3,(H,24,27). The number of nitrogens with one attached hydrogen (secondary N) is 1. The predicted molar refractivity (Wildman–Crippen MR) is 110 cm³/mol. The first-order valence-electron chi connectivity index (χ1n) is 9.70. The largest absolute Gasteiger partial charge is 0.475 e. The van der Waals surface area contributed by atoms with Crippen LogP contribution in [0.2, 0.25) is 0 Å². The fraction of sp³-hybridized carbons (Fsp3) is 0.409. The highest BCUT2D eigenvalue weighted by Crippen LogP contribution is 2.29. The molecule has 1 aliphatic heterocycles. The Balaban J connectivity index is 1.54. The lowest BCUT2D eigenvalue weighted by molar-refractivity contribution is -0.126. The topological polar surface area (TPSA) is 80.8 Å². The Morgan fingerprint density at radius 2 is 2.07 bits per heavy atom. The Morgan fingerprint density at radius 3 is 2.79 bits per heavy atom. The van der Waals surface area contributed by atoms with Crippen LogP contribution in [-0.4, -0.2) is 43.7 Å². The van der Waals surface area contributed by atoms with E-state index in [1.807, 2.05) is 38.1 Å². The molecule has 29 heavy (non-hydrogen) atoms. The van der Waals surface area contributed by atoms with Gasteiger partial charge in [-0.15, -0.1) is 0 Å². The number of benzene rings is 1. The van der Waals surface area contributed by atoms with Crippen LogP contribution in [0, 0.1) is 19.8 Å². The molecule has 7 heteroatoms. The van der Waals surface area contributed by atoms with E-state index in [0.717, 1.165) is 22.4 Å². The van der Waals surface area contributed by atoms with Crippen molar-refractivity contribution in [3.8, 4) is 5.88 Å². The lowest BCUT2D eigenvalue weighted by atomic mass is 10.1. The van der Waals surface area contributed by atoms with E-state index in [4.69, 9.17) is 9.47 Å². The number of carbonyl (C=O) groups excluding carboxylic acids is 2. The fourth-order valence-electron chi connectivity index (χ4n) is 3.31. The molecule has 1 aromatic heterocycles. The maximum absolute atomic E-state index is 12.6. The minimum atomic E-state index is -0.355. The summed E-state index contributed by atoms with van der Waals surface area (Å²) in [4.78, 5) is 31.0. The molecule has 0 aliphatic carbocycles. The van der Waals surface area contributed by atoms with Crippen molar-refractivity contribution in [3.05, 3.63) is 53.2 Å². The molecule has 3 rings (SSSR count). The molecule has 2 heterocycles. The van der Waals surface area contributed by atoms with Crippen molar-refractivity contribution in [2.45, 2.75) is 26.8 Å². The molecular formula is C22H27N3O4. The predicted octanol–water partition coefficient (Wildman–Crippen LogP) is 2.39. The Labute approximate surface area is 171 Å². The number of hydrogen-bond acceptors (Lipinski definition) is 5. The number of pyridine rings is 1. The second-order valence-electron chi connectivity index (χ2n) is 7.19. The van der Waals surface area contributed by atoms with Crippen molar-refractivity contribution < 1.29 is 19.1 Å². The highest BCUT2D eigenvalue weighted by atomic mass is 16.5. The van der Waals surface area contributed by atoms with Crippen LogP contribution in [0.3, 0.4) is 0 Å². The van der Waals surface area contributed by atoms with Crippen LogP contribution in [0.25, 0.3) is 0 Å². The summed E-state index contributed by atoms with van der Waals surface area (Å²) in [6, 6.07) is 9.51. The third-order valence-corrected chi connectivity index (χ3v) is 5.16. The first-order chi connectivity index (χ1) is 14.0. The number of nitrogens with zero attached hydrogens (tertiary/aromatic N) is 2. The third-order valence-electron chi connectivity index (χ3n) is 5.16. The second-order valence-corrected chi connectivity index (χ2v) is 7.19. The van der Waals surface area contributed by atoms with Crippen molar-refractivity contribution in [2.24, 2.45) is 5.92 Å². The average molecular weight is 397 g/mol. The zero-order valence-corrected chi connectivity index (χ0v) is 17.1. The highest BCUT2D eigenvalue weighted by molar-refractivity contribution is 6.00. The molecule has 1 saturated heterocycles. The lowest BCUT2D eigenvalue weighted by Gasteiger charge is -2.20. The summed E-state index contributed by atoms with van der Waals surface area (Å²) in [7, 11) is 1.61. The molecule has 0 saturated carbocycles. The smallest absolute Gasteiger partial charge is 0.227 e. The lowest BCUT2D eigenvalue weighted by Crippen LogP contribution is -2.32. The van der Waals surface area contributed by atoms with Gasteiger partial charge < -0.3 is 19.7 Å². The number of methoxy groups -OCH3 is 1. The van der Waals surface area contributed by atoms with Crippen LogP contribution in [0.15, 0.2) is 36.5 Å². The van der Waals surface area contributed by atoms with Gasteiger partial charge in [-0.2, -0.15) is 0 Å². The van der Waals surface area contributed by atoms with Gasteiger partial charge in [0.05, 0.1) is 12.5 Å². The van der Waals surface area contributed by atoms with Crippen LogP contribution < -0.4 is 15.0 Å². The van der Waals surface area contributed by atoms with E-state index < -0.39 is 0 Å². The number of ether oxygens (including phenoxy) is 2. The van der Waals surface area contributed by atoms with Crippen LogP contribution in [0.1, 0.15) is 23.1 Å². The van der Waals surface area contributed by atoms with E-state index in [0.29, 0.717) is 32.2 Å². The minimum Gasteiger partial charge on any atom is -0.475 e. The fourth-order valence-corrected chi connectivity index (χ4v) is 3.31. The summed E-state index contributed by atoms with van der Waals surface area (Å²) in [6.07, 6.45) is 1.90. The Kier molecular flexibility index (Phi) is 6.82. The van der Waals surface area contributed by atoms with Crippen molar-refractivity contribution in [1.82, 2.24) is 10.3 Å². The molecule has 154 valence electrons. The van der Waals surface area contributed by atoms with Crippen molar-refractivity contribution in [3.63, 3.8) is 0 Å². The molecule has 2 amide bonds. The number of hydrogen-bond donors (Lipinski definition) is 1. The molecular weight excluding hydrogens is 370 g/mol. The Bertz CT molecular complexity index is 867. The molecule has 1 aliphatic rings. The average Bonchev–Trinajstić information content (AvgIpc) is 3.11. The Morgan fingerprint density at radius 1 is 1.24 bits per heavy atom. The number of amides is 2. The number of rotatable bonds is 8. The SMILES string of the molecule is COCCOc1ccc(CNC(=O)C2CC(=O)N(c3cccc(C)c3C)C2)cn1. The van der Waals surface area contributed by atoms with Gasteiger partial charge in [0, 0.05) is 44.6 Å². The van der Waals surface area contributed by atoms with Gasteiger partial charge in [-0.25, -0.2) is 4.98 Å². The molecule has 7 nitrogen and oxygen atoms in total. The summed E-state index contributed by atoms with van der Waals surface area (Å²) in [5.41, 5.74) is 3.96. The van der Waals surface area contributed by atoms with E-state index in [1.165, 1.54) is 0 Å². The maximum atomic E-state index is 12.6. The highest BCUT2D eigenvalue weighted by Gasteiger charge is 2.35. The van der Waals surface area contributed by atoms with E-state index in [-0.39, 0.29) is 24.2 Å². The van der Waals surface area contributed by atoms with Crippen molar-refractivity contribution in [1.29, 1.82) is 0 Å². The van der Waals surface area contributed by atoms with Gasteiger partial charge >= 0.3 is 0 Å². The van der Waals surface area contributed by atoms with Crippen LogP contribution in [0.4, 0.5) is 5.69 Å². The molecule has 1 fully saturated rings.